The summed E-state index contributed by atoms with van der Waals surface area (Å²) in [6, 6.07) is 22.5. The highest BCUT2D eigenvalue weighted by molar-refractivity contribution is 5.82. The largest absolute Gasteiger partial charge is 0.869 e. The average molecular weight is 440 g/mol. The highest BCUT2D eigenvalue weighted by Gasteiger charge is 2.25. The molecule has 4 nitrogen and oxygen atoms in total. The molecule has 0 amide bonds. The quantitative estimate of drug-likeness (QED) is 0.407. The van der Waals surface area contributed by atoms with Gasteiger partial charge < -0.3 is 5.11 Å². The first-order valence-electron chi connectivity index (χ1n) is 7.72. The second-order valence-electron chi connectivity index (χ2n) is 5.38. The molecule has 0 aliphatic carbocycles. The molecule has 2 aromatic carbocycles. The van der Waals surface area contributed by atoms with Crippen LogP contribution in [0.1, 0.15) is 0 Å². The van der Waals surface area contributed by atoms with Crippen LogP contribution in [-0.4, -0.2) is 9.55 Å². The molecule has 0 aliphatic heterocycles. The fourth-order valence-electron chi connectivity index (χ4n) is 2.65. The van der Waals surface area contributed by atoms with Crippen molar-refractivity contribution in [3.8, 4) is 11.4 Å². The van der Waals surface area contributed by atoms with Gasteiger partial charge in [-0.05, 0) is 36.1 Å². The molecule has 25 heavy (non-hydrogen) atoms. The summed E-state index contributed by atoms with van der Waals surface area (Å²) in [6.45, 7) is 0. The normalized spacial score (nSPS) is 10.9. The smallest absolute Gasteiger partial charge is 0.363 e. The van der Waals surface area contributed by atoms with Crippen molar-refractivity contribution in [2.24, 2.45) is 0 Å². The van der Waals surface area contributed by atoms with Crippen molar-refractivity contribution >= 4 is 11.0 Å². The molecule has 0 unspecified atom stereocenters. The molecule has 0 radical (unpaired) electrons. The first kappa shape index (κ1) is 15.8. The van der Waals surface area contributed by atoms with Gasteiger partial charge in [0.2, 0.25) is 0 Å². The van der Waals surface area contributed by atoms with Gasteiger partial charge in [-0.15, -0.1) is 0 Å². The Morgan fingerprint density at radius 1 is 0.880 bits per heavy atom. The number of nitrogens with zero attached hydrogens (tertiary/aromatic N) is 2. The molecule has 122 valence electrons. The van der Waals surface area contributed by atoms with Gasteiger partial charge in [-0.2, -0.15) is 0 Å². The van der Waals surface area contributed by atoms with Gasteiger partial charge in [0.15, 0.2) is 3.57 Å². The molecule has 2 aromatic heterocycles. The van der Waals surface area contributed by atoms with Crippen molar-refractivity contribution in [3.63, 3.8) is 0 Å². The molecule has 0 atom stereocenters. The molecular weight excluding hydrogens is 427 g/mol. The van der Waals surface area contributed by atoms with Gasteiger partial charge in [0, 0.05) is 11.6 Å². The molecule has 4 rings (SSSR count). The Morgan fingerprint density at radius 2 is 1.56 bits per heavy atom. The Hall–Kier alpha value is -2.67. The Bertz CT molecular complexity index is 1090. The van der Waals surface area contributed by atoms with Crippen LogP contribution in [0, 0.1) is 7.14 Å². The maximum atomic E-state index is 13.2. The molecule has 0 fully saturated rings. The van der Waals surface area contributed by atoms with Gasteiger partial charge in [0.25, 0.3) is 3.57 Å². The predicted molar refractivity (Wildman–Crippen MR) is 90.6 cm³/mol. The summed E-state index contributed by atoms with van der Waals surface area (Å²) in [5.74, 6) is -0.197. The van der Waals surface area contributed by atoms with E-state index in [0.29, 0.717) is 14.6 Å². The molecule has 0 aliphatic rings. The lowest BCUT2D eigenvalue weighted by molar-refractivity contribution is -0.605. The third-order valence-electron chi connectivity index (χ3n) is 3.78. The highest BCUT2D eigenvalue weighted by atomic mass is 127. The van der Waals surface area contributed by atoms with E-state index in [1.807, 2.05) is 60.7 Å². The van der Waals surface area contributed by atoms with Crippen LogP contribution in [0.2, 0.25) is 0 Å². The van der Waals surface area contributed by atoms with Crippen LogP contribution in [0.15, 0.2) is 83.8 Å². The van der Waals surface area contributed by atoms with Crippen molar-refractivity contribution < 1.29 is 26.3 Å². The molecule has 2 heterocycles. The van der Waals surface area contributed by atoms with Crippen LogP contribution in [0.25, 0.3) is 16.7 Å². The lowest BCUT2D eigenvalue weighted by atomic mass is 10.2. The molecule has 0 N–H and O–H groups in total. The van der Waals surface area contributed by atoms with Gasteiger partial charge >= 0.3 is 26.8 Å². The number of aromatic nitrogens is 2. The van der Waals surface area contributed by atoms with Crippen molar-refractivity contribution in [3.05, 3.63) is 96.5 Å². The number of hydrogen-bond acceptors (Lipinski definition) is 3. The first-order chi connectivity index (χ1) is 12.3. The van der Waals surface area contributed by atoms with Crippen molar-refractivity contribution in [2.45, 2.75) is 0 Å². The van der Waals surface area contributed by atoms with E-state index < -0.39 is 21.2 Å². The fraction of sp³-hybridized carbons (Fsp3) is 0. The maximum absolute atomic E-state index is 13.2. The summed E-state index contributed by atoms with van der Waals surface area (Å²) in [4.78, 5) is 17.5. The van der Waals surface area contributed by atoms with Gasteiger partial charge in [-0.3, -0.25) is 9.36 Å². The van der Waals surface area contributed by atoms with Crippen LogP contribution < -0.4 is 31.9 Å². The second-order valence-corrected chi connectivity index (χ2v) is 8.25. The Labute approximate surface area is 154 Å². The van der Waals surface area contributed by atoms with Crippen LogP contribution in [-0.2, 0) is 0 Å². The summed E-state index contributed by atoms with van der Waals surface area (Å²) in [5, 5.41) is 13.4. The van der Waals surface area contributed by atoms with E-state index >= 15 is 0 Å². The van der Waals surface area contributed by atoms with Crippen LogP contribution in [0.3, 0.4) is 0 Å². The molecule has 0 saturated carbocycles. The number of halogens is 1. The average Bonchev–Trinajstić information content (AvgIpc) is 2.67. The zero-order valence-electron chi connectivity index (χ0n) is 13.1. The van der Waals surface area contributed by atoms with E-state index in [1.54, 1.807) is 22.9 Å². The molecular formula is C20H13IN2O2. The molecule has 0 bridgehead atoms. The predicted octanol–water partition coefficient (Wildman–Crippen LogP) is -0.412. The minimum absolute atomic E-state index is 0.197. The first-order valence-corrected chi connectivity index (χ1v) is 9.87. The molecule has 4 aromatic rings. The summed E-state index contributed by atoms with van der Waals surface area (Å²) >= 11 is -0.872. The van der Waals surface area contributed by atoms with Crippen LogP contribution >= 0.6 is 0 Å². The fourth-order valence-corrected chi connectivity index (χ4v) is 5.05. The van der Waals surface area contributed by atoms with Crippen LogP contribution in [0.5, 0.6) is 5.75 Å². The Kier molecular flexibility index (Phi) is 4.23. The summed E-state index contributed by atoms with van der Waals surface area (Å²) in [7, 11) is 0. The lowest BCUT2D eigenvalue weighted by Gasteiger charge is -2.15. The van der Waals surface area contributed by atoms with Gasteiger partial charge in [0.1, 0.15) is 5.65 Å². The van der Waals surface area contributed by atoms with Crippen LogP contribution in [0.4, 0.5) is 0 Å². The minimum Gasteiger partial charge on any atom is -0.869 e. The number of pyridine rings is 2. The van der Waals surface area contributed by atoms with Gasteiger partial charge in [-0.25, -0.2) is 4.98 Å². The van der Waals surface area contributed by atoms with Gasteiger partial charge in [0.05, 0.1) is 5.69 Å². The number of para-hydroxylation sites is 1. The highest BCUT2D eigenvalue weighted by Crippen LogP contribution is 2.20. The third kappa shape index (κ3) is 2.91. The summed E-state index contributed by atoms with van der Waals surface area (Å²) < 4.78 is 2.96. The third-order valence-corrected chi connectivity index (χ3v) is 6.62. The van der Waals surface area contributed by atoms with Gasteiger partial charge in [-0.1, -0.05) is 42.5 Å². The van der Waals surface area contributed by atoms with E-state index in [-0.39, 0.29) is 11.3 Å². The SMILES string of the molecule is O=c1c([I+]c2ccccc2)c([O-])c2cccnc2n1-c1ccccc1. The number of rotatable bonds is 3. The zero-order valence-corrected chi connectivity index (χ0v) is 15.3. The molecule has 5 heteroatoms. The van der Waals surface area contributed by atoms with E-state index in [9.17, 15) is 9.90 Å². The summed E-state index contributed by atoms with van der Waals surface area (Å²) in [6.07, 6.45) is 1.60. The van der Waals surface area contributed by atoms with Crippen molar-refractivity contribution in [1.82, 2.24) is 9.55 Å². The maximum Gasteiger partial charge on any atom is 0.363 e. The molecule has 0 saturated heterocycles. The number of hydrogen-bond donors (Lipinski definition) is 0. The number of fused-ring (bicyclic) bond motifs is 1. The van der Waals surface area contributed by atoms with E-state index in [0.717, 1.165) is 9.26 Å². The number of benzene rings is 2. The Morgan fingerprint density at radius 3 is 2.28 bits per heavy atom. The van der Waals surface area contributed by atoms with E-state index in [4.69, 9.17) is 0 Å². The minimum atomic E-state index is -0.872. The van der Waals surface area contributed by atoms with E-state index in [2.05, 4.69) is 4.98 Å². The van der Waals surface area contributed by atoms with E-state index in [1.165, 1.54) is 0 Å². The van der Waals surface area contributed by atoms with Crippen molar-refractivity contribution in [2.75, 3.05) is 0 Å². The zero-order chi connectivity index (χ0) is 17.2. The monoisotopic (exact) mass is 440 g/mol. The topological polar surface area (TPSA) is 57.9 Å². The standard InChI is InChI=1S/C20H13IN2O2/c24-18-16-12-7-13-22-19(16)23(15-10-5-2-6-11-15)20(25)17(18)21-14-8-3-1-4-9-14/h1-13H. The summed E-state index contributed by atoms with van der Waals surface area (Å²) in [5.41, 5.74) is 0.859. The van der Waals surface area contributed by atoms with Crippen molar-refractivity contribution in [1.29, 1.82) is 0 Å². The lowest BCUT2D eigenvalue weighted by Crippen LogP contribution is -3.62. The Balaban J connectivity index is 2.03. The second kappa shape index (κ2) is 6.68. The molecule has 0 spiro atoms.